The Morgan fingerprint density at radius 2 is 2.18 bits per heavy atom. The topological polar surface area (TPSA) is 102 Å². The Hall–Kier alpha value is -1.61. The summed E-state index contributed by atoms with van der Waals surface area (Å²) < 4.78 is 26.9. The summed E-state index contributed by atoms with van der Waals surface area (Å²) in [4.78, 5) is 9.95. The summed E-state index contributed by atoms with van der Waals surface area (Å²) >= 11 is 1.12. The van der Waals surface area contributed by atoms with Crippen LogP contribution in [0.25, 0.3) is 0 Å². The van der Waals surface area contributed by atoms with Gasteiger partial charge in [-0.1, -0.05) is 11.8 Å². The van der Waals surface area contributed by atoms with Crippen LogP contribution in [0.15, 0.2) is 27.5 Å². The van der Waals surface area contributed by atoms with Crippen LogP contribution >= 0.6 is 11.8 Å². The first-order valence-electron chi connectivity index (χ1n) is 4.38. The molecule has 90 valence electrons. The molecule has 0 spiro atoms. The van der Waals surface area contributed by atoms with Gasteiger partial charge in [0.1, 0.15) is 4.90 Å². The molecule has 0 unspecified atom stereocenters. The molecule has 0 fully saturated rings. The molecular formula is C8H7N3O4S2. The van der Waals surface area contributed by atoms with Gasteiger partial charge in [0.2, 0.25) is 0 Å². The van der Waals surface area contributed by atoms with Gasteiger partial charge in [-0.25, -0.2) is 0 Å². The lowest BCUT2D eigenvalue weighted by molar-refractivity contribution is -0.384. The Kier molecular flexibility index (Phi) is 2.79. The van der Waals surface area contributed by atoms with Crippen molar-refractivity contribution in [2.45, 2.75) is 4.90 Å². The summed E-state index contributed by atoms with van der Waals surface area (Å²) in [6.07, 6.45) is 1.66. The van der Waals surface area contributed by atoms with E-state index in [2.05, 4.69) is 9.71 Å². The van der Waals surface area contributed by atoms with Crippen LogP contribution in [0.5, 0.6) is 0 Å². The van der Waals surface area contributed by atoms with Gasteiger partial charge in [-0.3, -0.25) is 10.1 Å². The maximum absolute atomic E-state index is 11.7. The third-order valence-electron chi connectivity index (χ3n) is 2.09. The van der Waals surface area contributed by atoms with E-state index < -0.39 is 14.9 Å². The van der Waals surface area contributed by atoms with Gasteiger partial charge < -0.3 is 5.32 Å². The number of thioether (sulfide) groups is 1. The van der Waals surface area contributed by atoms with Crippen LogP contribution in [0.2, 0.25) is 0 Å². The van der Waals surface area contributed by atoms with Crippen LogP contribution in [0.1, 0.15) is 0 Å². The van der Waals surface area contributed by atoms with E-state index in [9.17, 15) is 18.5 Å². The van der Waals surface area contributed by atoms with E-state index in [1.54, 1.807) is 6.26 Å². The molecule has 0 saturated carbocycles. The number of fused-ring (bicyclic) bond motifs is 1. The van der Waals surface area contributed by atoms with Crippen molar-refractivity contribution >= 4 is 38.3 Å². The first-order chi connectivity index (χ1) is 7.94. The molecule has 1 aliphatic rings. The fraction of sp³-hybridized carbons (Fsp3) is 0.125. The Morgan fingerprint density at radius 3 is 2.76 bits per heavy atom. The quantitative estimate of drug-likeness (QED) is 0.613. The number of nitrogens with one attached hydrogen (secondary N) is 1. The third kappa shape index (κ3) is 2.11. The first-order valence-corrected chi connectivity index (χ1v) is 7.05. The minimum Gasteiger partial charge on any atom is -0.333 e. The highest BCUT2D eigenvalue weighted by Gasteiger charge is 2.26. The smallest absolute Gasteiger partial charge is 0.286 e. The lowest BCUT2D eigenvalue weighted by Gasteiger charge is -2.16. The van der Waals surface area contributed by atoms with Gasteiger partial charge in [-0.15, -0.1) is 4.40 Å². The van der Waals surface area contributed by atoms with Crippen molar-refractivity contribution in [1.82, 2.24) is 0 Å². The number of hydrogen-bond acceptors (Lipinski definition) is 6. The molecule has 0 radical (unpaired) electrons. The van der Waals surface area contributed by atoms with E-state index in [1.165, 1.54) is 12.1 Å². The highest BCUT2D eigenvalue weighted by Crippen LogP contribution is 2.31. The summed E-state index contributed by atoms with van der Waals surface area (Å²) in [5, 5.41) is 13.5. The largest absolute Gasteiger partial charge is 0.333 e. The summed E-state index contributed by atoms with van der Waals surface area (Å²) in [5.74, 6) is 0. The van der Waals surface area contributed by atoms with Crippen molar-refractivity contribution in [2.75, 3.05) is 11.6 Å². The molecule has 1 aliphatic heterocycles. The van der Waals surface area contributed by atoms with Crippen LogP contribution in [-0.2, 0) is 10.0 Å². The zero-order valence-corrected chi connectivity index (χ0v) is 10.2. The van der Waals surface area contributed by atoms with Gasteiger partial charge in [0.15, 0.2) is 5.17 Å². The number of amidine groups is 1. The van der Waals surface area contributed by atoms with Crippen molar-refractivity contribution in [3.05, 3.63) is 28.3 Å². The molecule has 1 N–H and O–H groups in total. The van der Waals surface area contributed by atoms with Gasteiger partial charge in [-0.2, -0.15) is 8.42 Å². The van der Waals surface area contributed by atoms with E-state index in [0.717, 1.165) is 17.8 Å². The standard InChI is InChI=1S/C8H7N3O4S2/c1-16-8-9-6-4-5(11(12)13)2-3-7(6)17(14,15)10-8/h2-4H,1H3,(H,9,10). The molecule has 0 aromatic heterocycles. The number of non-ortho nitro benzene ring substituents is 1. The second-order valence-electron chi connectivity index (χ2n) is 3.14. The number of anilines is 1. The van der Waals surface area contributed by atoms with Crippen LogP contribution in [0.4, 0.5) is 11.4 Å². The zero-order valence-electron chi connectivity index (χ0n) is 8.58. The number of nitro groups is 1. The molecule has 9 heteroatoms. The number of benzene rings is 1. The average molecular weight is 273 g/mol. The van der Waals surface area contributed by atoms with E-state index in [-0.39, 0.29) is 21.4 Å². The lowest BCUT2D eigenvalue weighted by Crippen LogP contribution is -2.18. The molecule has 0 saturated heterocycles. The average Bonchev–Trinajstić information content (AvgIpc) is 2.27. The maximum Gasteiger partial charge on any atom is 0.286 e. The lowest BCUT2D eigenvalue weighted by atomic mass is 10.3. The number of hydrogen-bond donors (Lipinski definition) is 1. The normalized spacial score (nSPS) is 16.6. The Morgan fingerprint density at radius 1 is 1.47 bits per heavy atom. The maximum atomic E-state index is 11.7. The van der Waals surface area contributed by atoms with Crippen LogP contribution in [0.3, 0.4) is 0 Å². The molecule has 0 amide bonds. The molecular weight excluding hydrogens is 266 g/mol. The van der Waals surface area contributed by atoms with Crippen molar-refractivity contribution in [3.63, 3.8) is 0 Å². The van der Waals surface area contributed by atoms with E-state index >= 15 is 0 Å². The molecule has 0 atom stereocenters. The van der Waals surface area contributed by atoms with Gasteiger partial charge in [-0.05, 0) is 12.3 Å². The van der Waals surface area contributed by atoms with Crippen LogP contribution in [-0.4, -0.2) is 24.8 Å². The van der Waals surface area contributed by atoms with Gasteiger partial charge >= 0.3 is 0 Å². The second kappa shape index (κ2) is 4.00. The molecule has 0 bridgehead atoms. The summed E-state index contributed by atoms with van der Waals surface area (Å²) in [7, 11) is -3.76. The molecule has 2 rings (SSSR count). The molecule has 1 aromatic carbocycles. The monoisotopic (exact) mass is 273 g/mol. The van der Waals surface area contributed by atoms with E-state index in [4.69, 9.17) is 0 Å². The summed E-state index contributed by atoms with van der Waals surface area (Å²) in [6.45, 7) is 0. The highest BCUT2D eigenvalue weighted by molar-refractivity contribution is 8.14. The third-order valence-corrected chi connectivity index (χ3v) is 4.12. The Labute approximate surface area is 101 Å². The fourth-order valence-electron chi connectivity index (χ4n) is 1.34. The molecule has 17 heavy (non-hydrogen) atoms. The molecule has 1 aromatic rings. The van der Waals surface area contributed by atoms with Crippen LogP contribution in [0, 0.1) is 10.1 Å². The van der Waals surface area contributed by atoms with Crippen molar-refractivity contribution in [2.24, 2.45) is 4.40 Å². The highest BCUT2D eigenvalue weighted by atomic mass is 32.2. The number of sulfonamides is 1. The van der Waals surface area contributed by atoms with E-state index in [0.29, 0.717) is 0 Å². The summed E-state index contributed by atoms with van der Waals surface area (Å²) in [5.41, 5.74) is 0.00681. The number of nitrogens with zero attached hydrogens (tertiary/aromatic N) is 2. The minimum absolute atomic E-state index is 0.0547. The van der Waals surface area contributed by atoms with Crippen molar-refractivity contribution < 1.29 is 13.3 Å². The first kappa shape index (κ1) is 11.9. The van der Waals surface area contributed by atoms with Gasteiger partial charge in [0.25, 0.3) is 15.7 Å². The predicted molar refractivity (Wildman–Crippen MR) is 64.9 cm³/mol. The van der Waals surface area contributed by atoms with Gasteiger partial charge in [0, 0.05) is 12.1 Å². The Balaban J connectivity index is 2.60. The van der Waals surface area contributed by atoms with Gasteiger partial charge in [0.05, 0.1) is 10.6 Å². The van der Waals surface area contributed by atoms with E-state index in [1.807, 2.05) is 0 Å². The van der Waals surface area contributed by atoms with Crippen LogP contribution < -0.4 is 5.32 Å². The minimum atomic E-state index is -3.76. The van der Waals surface area contributed by atoms with Crippen molar-refractivity contribution in [1.29, 1.82) is 0 Å². The number of nitro benzene ring substituents is 1. The zero-order chi connectivity index (χ0) is 12.6. The predicted octanol–water partition coefficient (Wildman–Crippen LogP) is 1.43. The SMILES string of the molecule is CSC1=NS(=O)(=O)c2ccc([N+](=O)[O-])cc2N1. The second-order valence-corrected chi connectivity index (χ2v) is 5.51. The molecule has 7 nitrogen and oxygen atoms in total. The fourth-order valence-corrected chi connectivity index (χ4v) is 3.13. The Bertz CT molecular complexity index is 624. The number of rotatable bonds is 1. The molecule has 0 aliphatic carbocycles. The molecule has 1 heterocycles. The summed E-state index contributed by atoms with van der Waals surface area (Å²) in [6, 6.07) is 3.49. The van der Waals surface area contributed by atoms with Crippen molar-refractivity contribution in [3.8, 4) is 0 Å².